The Bertz CT molecular complexity index is 747. The van der Waals surface area contributed by atoms with Gasteiger partial charge >= 0.3 is 0 Å². The molecule has 254 valence electrons. The molecular weight excluding hydrogens is 548 g/mol. The number of carbonyl (C=O) groups excluding carboxylic acids is 2. The number of ether oxygens (including phenoxy) is 2. The number of primary amides is 2. The summed E-state index contributed by atoms with van der Waals surface area (Å²) in [5, 5.41) is 0. The van der Waals surface area contributed by atoms with E-state index >= 15 is 0 Å². The van der Waals surface area contributed by atoms with E-state index < -0.39 is 0 Å². The van der Waals surface area contributed by atoms with Gasteiger partial charge < -0.3 is 20.9 Å². The van der Waals surface area contributed by atoms with Crippen molar-refractivity contribution in [1.82, 2.24) is 0 Å². The molecule has 0 saturated carbocycles. The normalized spacial score (nSPS) is 22.5. The molecule has 2 amide bonds. The highest BCUT2D eigenvalue weighted by Gasteiger charge is 2.37. The third-order valence-corrected chi connectivity index (χ3v) is 9.64. The highest BCUT2D eigenvalue weighted by molar-refractivity contribution is 5.78. The van der Waals surface area contributed by atoms with Crippen LogP contribution in [-0.2, 0) is 19.1 Å². The summed E-state index contributed by atoms with van der Waals surface area (Å²) in [7, 11) is 0. The monoisotopic (exact) mass is 617 g/mol. The van der Waals surface area contributed by atoms with Crippen LogP contribution >= 0.6 is 0 Å². The molecule has 2 aliphatic heterocycles. The number of hydrogen-bond donors (Lipinski definition) is 2. The quantitative estimate of drug-likeness (QED) is 0.0459. The van der Waals surface area contributed by atoms with Gasteiger partial charge in [0.25, 0.3) is 0 Å². The van der Waals surface area contributed by atoms with Gasteiger partial charge in [-0.3, -0.25) is 9.59 Å². The number of allylic oxidation sites excluding steroid dienone is 2. The Balaban J connectivity index is 1.44. The summed E-state index contributed by atoms with van der Waals surface area (Å²) in [5.41, 5.74) is 11.4. The molecule has 2 saturated heterocycles. The molecule has 0 radical (unpaired) electrons. The molecule has 44 heavy (non-hydrogen) atoms. The molecule has 6 heteroatoms. The van der Waals surface area contributed by atoms with Crippen molar-refractivity contribution in [3.05, 3.63) is 24.3 Å². The zero-order valence-electron chi connectivity index (χ0n) is 28.5. The topological polar surface area (TPSA) is 111 Å². The van der Waals surface area contributed by atoms with Crippen LogP contribution in [0.1, 0.15) is 168 Å². The minimum Gasteiger partial charge on any atom is -0.369 e. The number of carbonyl (C=O) groups is 2. The lowest BCUT2D eigenvalue weighted by Crippen LogP contribution is -2.27. The van der Waals surface area contributed by atoms with E-state index in [9.17, 15) is 9.59 Å². The zero-order chi connectivity index (χ0) is 31.8. The van der Waals surface area contributed by atoms with Crippen molar-refractivity contribution >= 4 is 11.8 Å². The molecule has 2 aliphatic rings. The summed E-state index contributed by atoms with van der Waals surface area (Å²) in [6, 6.07) is 0. The van der Waals surface area contributed by atoms with Crippen molar-refractivity contribution in [3.8, 4) is 0 Å². The maximum Gasteiger partial charge on any atom is 0.220 e. The van der Waals surface area contributed by atoms with Gasteiger partial charge in [-0.15, -0.1) is 0 Å². The third-order valence-electron chi connectivity index (χ3n) is 9.64. The maximum absolute atomic E-state index is 12.1. The highest BCUT2D eigenvalue weighted by atomic mass is 16.6. The Morgan fingerprint density at radius 1 is 0.523 bits per heavy atom. The van der Waals surface area contributed by atoms with Crippen LogP contribution in [0.5, 0.6) is 0 Å². The minimum atomic E-state index is -0.236. The average Bonchev–Trinajstić information content (AvgIpc) is 3.92. The first-order chi connectivity index (χ1) is 21.5. The van der Waals surface area contributed by atoms with E-state index in [0.29, 0.717) is 37.3 Å². The van der Waals surface area contributed by atoms with E-state index in [1.54, 1.807) is 0 Å². The number of nitrogens with two attached hydrogens (primary N) is 2. The van der Waals surface area contributed by atoms with Crippen LogP contribution in [0.15, 0.2) is 24.3 Å². The molecule has 0 aromatic carbocycles. The van der Waals surface area contributed by atoms with Crippen molar-refractivity contribution in [1.29, 1.82) is 0 Å². The van der Waals surface area contributed by atoms with Crippen LogP contribution in [0.2, 0.25) is 0 Å². The van der Waals surface area contributed by atoms with Crippen LogP contribution in [0.3, 0.4) is 0 Å². The van der Waals surface area contributed by atoms with Gasteiger partial charge in [0.05, 0.1) is 24.4 Å². The fraction of sp³-hybridized carbons (Fsp3) is 0.842. The fourth-order valence-corrected chi connectivity index (χ4v) is 6.44. The van der Waals surface area contributed by atoms with Crippen LogP contribution in [0.25, 0.3) is 0 Å². The molecular formula is C38H68N2O4. The summed E-state index contributed by atoms with van der Waals surface area (Å²) < 4.78 is 11.5. The van der Waals surface area contributed by atoms with Crippen LogP contribution in [-0.4, -0.2) is 36.2 Å². The predicted octanol–water partition coefficient (Wildman–Crippen LogP) is 9.24. The maximum atomic E-state index is 12.1. The number of amides is 2. The van der Waals surface area contributed by atoms with Crippen LogP contribution < -0.4 is 11.5 Å². The van der Waals surface area contributed by atoms with Gasteiger partial charge in [0.1, 0.15) is 0 Å². The lowest BCUT2D eigenvalue weighted by atomic mass is 9.88. The van der Waals surface area contributed by atoms with Crippen molar-refractivity contribution in [3.63, 3.8) is 0 Å². The van der Waals surface area contributed by atoms with Crippen molar-refractivity contribution in [2.75, 3.05) is 0 Å². The first-order valence-corrected chi connectivity index (χ1v) is 18.7. The average molecular weight is 617 g/mol. The van der Waals surface area contributed by atoms with Gasteiger partial charge in [0, 0.05) is 11.8 Å². The Kier molecular flexibility index (Phi) is 21.5. The van der Waals surface area contributed by atoms with Crippen molar-refractivity contribution in [2.24, 2.45) is 23.3 Å². The Morgan fingerprint density at radius 2 is 0.932 bits per heavy atom. The van der Waals surface area contributed by atoms with Gasteiger partial charge in [-0.05, 0) is 77.0 Å². The molecule has 2 unspecified atom stereocenters. The largest absolute Gasteiger partial charge is 0.369 e. The summed E-state index contributed by atoms with van der Waals surface area (Å²) in [4.78, 5) is 24.1. The van der Waals surface area contributed by atoms with E-state index in [0.717, 1.165) is 64.2 Å². The second-order valence-electron chi connectivity index (χ2n) is 13.6. The molecule has 0 bridgehead atoms. The third kappa shape index (κ3) is 19.0. The van der Waals surface area contributed by atoms with Gasteiger partial charge in [-0.25, -0.2) is 0 Å². The summed E-state index contributed by atoms with van der Waals surface area (Å²) >= 11 is 0. The minimum absolute atomic E-state index is 0.153. The molecule has 2 heterocycles. The lowest BCUT2D eigenvalue weighted by Gasteiger charge is -2.17. The van der Waals surface area contributed by atoms with Crippen molar-refractivity contribution < 1.29 is 19.1 Å². The molecule has 0 aliphatic carbocycles. The highest BCUT2D eigenvalue weighted by Crippen LogP contribution is 2.31. The van der Waals surface area contributed by atoms with Gasteiger partial charge in [0.2, 0.25) is 11.8 Å². The first kappa shape index (κ1) is 38.5. The SMILES string of the molecule is CCCCC[C@H]1O[C@H]1CC=CCCCCCCC(CCC(CCCCCCC=CC[C@@H]1O[C@@H]1CCCCC)C(N)=O)C(N)=O. The number of unbranched alkanes of at least 4 members (excludes halogenated alkanes) is 12. The van der Waals surface area contributed by atoms with E-state index in [2.05, 4.69) is 38.2 Å². The lowest BCUT2D eigenvalue weighted by molar-refractivity contribution is -0.124. The fourth-order valence-electron chi connectivity index (χ4n) is 6.44. The Labute approximate surface area is 270 Å². The van der Waals surface area contributed by atoms with Gasteiger partial charge in [-0.1, -0.05) is 115 Å². The predicted molar refractivity (Wildman–Crippen MR) is 183 cm³/mol. The van der Waals surface area contributed by atoms with Crippen molar-refractivity contribution in [2.45, 2.75) is 192 Å². The smallest absolute Gasteiger partial charge is 0.220 e. The van der Waals surface area contributed by atoms with E-state index in [1.165, 1.54) is 77.0 Å². The first-order valence-electron chi connectivity index (χ1n) is 18.7. The molecule has 4 N–H and O–H groups in total. The van der Waals surface area contributed by atoms with E-state index in [4.69, 9.17) is 20.9 Å². The molecule has 2 rings (SSSR count). The molecule has 6 nitrogen and oxygen atoms in total. The number of rotatable bonds is 31. The molecule has 2 fully saturated rings. The van der Waals surface area contributed by atoms with Gasteiger partial charge in [0.15, 0.2) is 0 Å². The van der Waals surface area contributed by atoms with Crippen LogP contribution in [0, 0.1) is 11.8 Å². The van der Waals surface area contributed by atoms with Gasteiger partial charge in [-0.2, -0.15) is 0 Å². The van der Waals surface area contributed by atoms with Crippen LogP contribution in [0.4, 0.5) is 0 Å². The number of hydrogen-bond acceptors (Lipinski definition) is 4. The second-order valence-corrected chi connectivity index (χ2v) is 13.6. The summed E-state index contributed by atoms with van der Waals surface area (Å²) in [6.07, 6.45) is 37.5. The summed E-state index contributed by atoms with van der Waals surface area (Å²) in [6.45, 7) is 4.48. The molecule has 0 aromatic heterocycles. The second kappa shape index (κ2) is 24.6. The van der Waals surface area contributed by atoms with E-state index in [-0.39, 0.29) is 23.7 Å². The standard InChI is InChI=1S/C38H68N2O4/c1-3-5-17-25-33-35(43-33)27-21-15-11-7-9-13-19-23-31(37(39)41)29-30-32(38(40)42)24-20-14-10-8-12-16-22-28-36-34(44-36)26-18-6-4-2/h15-16,21-22,31-36H,3-14,17-20,23-30H2,1-2H3,(H2,39,41)(H2,40,42)/t31?,32?,33-,34-,35+,36+/m1/s1. The molecule has 0 spiro atoms. The molecule has 6 atom stereocenters. The Morgan fingerprint density at radius 3 is 1.32 bits per heavy atom. The van der Waals surface area contributed by atoms with E-state index in [1.807, 2.05) is 0 Å². The zero-order valence-corrected chi connectivity index (χ0v) is 28.5. The molecule has 0 aromatic rings. The Hall–Kier alpha value is -1.66. The number of epoxide rings is 2. The summed E-state index contributed by atoms with van der Waals surface area (Å²) in [5.74, 6) is -0.778.